The zero-order valence-electron chi connectivity index (χ0n) is 11.8. The maximum absolute atomic E-state index is 10.7. The van der Waals surface area contributed by atoms with E-state index in [0.717, 1.165) is 13.0 Å². The van der Waals surface area contributed by atoms with E-state index in [2.05, 4.69) is 11.4 Å². The standard InChI is InChI=1S/C14H19N3O3/c1-3-7-16-12(10-15)6-8-20-13-4-5-14(17(18)19)11(2)9-13/h4-5,9,12,16H,3,6-8H2,1-2H3. The van der Waals surface area contributed by atoms with Crippen LogP contribution < -0.4 is 10.1 Å². The Hall–Kier alpha value is -2.13. The second-order valence-corrected chi connectivity index (χ2v) is 4.48. The molecule has 20 heavy (non-hydrogen) atoms. The number of ether oxygens (including phenoxy) is 1. The average molecular weight is 277 g/mol. The third-order valence-corrected chi connectivity index (χ3v) is 2.84. The van der Waals surface area contributed by atoms with Crippen molar-refractivity contribution in [2.45, 2.75) is 32.7 Å². The smallest absolute Gasteiger partial charge is 0.272 e. The van der Waals surface area contributed by atoms with E-state index in [1.54, 1.807) is 19.1 Å². The van der Waals surface area contributed by atoms with Crippen molar-refractivity contribution in [1.82, 2.24) is 5.32 Å². The normalized spacial score (nSPS) is 11.7. The Kier molecular flexibility index (Phi) is 6.47. The lowest BCUT2D eigenvalue weighted by Gasteiger charge is -2.12. The molecule has 0 bridgehead atoms. The maximum atomic E-state index is 10.7. The van der Waals surface area contributed by atoms with Crippen LogP contribution in [0, 0.1) is 28.4 Å². The van der Waals surface area contributed by atoms with Gasteiger partial charge in [-0.2, -0.15) is 5.26 Å². The van der Waals surface area contributed by atoms with Crippen LogP contribution in [-0.4, -0.2) is 24.1 Å². The summed E-state index contributed by atoms with van der Waals surface area (Å²) < 4.78 is 5.52. The number of benzene rings is 1. The molecular formula is C14H19N3O3. The van der Waals surface area contributed by atoms with Crippen LogP contribution in [0.5, 0.6) is 5.75 Å². The number of hydrogen-bond donors (Lipinski definition) is 1. The number of nitrogens with zero attached hydrogens (tertiary/aromatic N) is 2. The molecule has 0 saturated heterocycles. The predicted octanol–water partition coefficient (Wildman–Crippen LogP) is 2.56. The largest absolute Gasteiger partial charge is 0.493 e. The first-order valence-electron chi connectivity index (χ1n) is 6.59. The zero-order valence-corrected chi connectivity index (χ0v) is 11.8. The molecule has 108 valence electrons. The Labute approximate surface area is 118 Å². The third-order valence-electron chi connectivity index (χ3n) is 2.84. The molecule has 6 heteroatoms. The van der Waals surface area contributed by atoms with Crippen LogP contribution in [0.15, 0.2) is 18.2 Å². The van der Waals surface area contributed by atoms with Gasteiger partial charge in [0.15, 0.2) is 0 Å². The number of nitrogens with one attached hydrogen (secondary N) is 1. The number of nitro groups is 1. The van der Waals surface area contributed by atoms with E-state index in [4.69, 9.17) is 10.00 Å². The Morgan fingerprint density at radius 2 is 2.30 bits per heavy atom. The fraction of sp³-hybridized carbons (Fsp3) is 0.500. The average Bonchev–Trinajstić information content (AvgIpc) is 2.42. The van der Waals surface area contributed by atoms with Crippen molar-refractivity contribution in [2.24, 2.45) is 0 Å². The van der Waals surface area contributed by atoms with Gasteiger partial charge in [0, 0.05) is 18.1 Å². The molecule has 0 aliphatic carbocycles. The molecule has 0 radical (unpaired) electrons. The quantitative estimate of drug-likeness (QED) is 0.582. The summed E-state index contributed by atoms with van der Waals surface area (Å²) in [7, 11) is 0. The minimum Gasteiger partial charge on any atom is -0.493 e. The van der Waals surface area contributed by atoms with Crippen molar-refractivity contribution >= 4 is 5.69 Å². The molecule has 1 aromatic carbocycles. The Morgan fingerprint density at radius 1 is 1.55 bits per heavy atom. The van der Waals surface area contributed by atoms with Crippen molar-refractivity contribution in [3.8, 4) is 11.8 Å². The van der Waals surface area contributed by atoms with Gasteiger partial charge in [-0.3, -0.25) is 10.1 Å². The summed E-state index contributed by atoms with van der Waals surface area (Å²) in [4.78, 5) is 10.3. The lowest BCUT2D eigenvalue weighted by molar-refractivity contribution is -0.385. The van der Waals surface area contributed by atoms with Gasteiger partial charge in [-0.05, 0) is 32.0 Å². The molecule has 0 amide bonds. The van der Waals surface area contributed by atoms with Gasteiger partial charge in [-0.25, -0.2) is 0 Å². The first-order valence-corrected chi connectivity index (χ1v) is 6.59. The summed E-state index contributed by atoms with van der Waals surface area (Å²) in [5.41, 5.74) is 0.644. The van der Waals surface area contributed by atoms with Crippen LogP contribution in [0.2, 0.25) is 0 Å². The Morgan fingerprint density at radius 3 is 2.85 bits per heavy atom. The lowest BCUT2D eigenvalue weighted by Crippen LogP contribution is -2.29. The fourth-order valence-electron chi connectivity index (χ4n) is 1.75. The summed E-state index contributed by atoms with van der Waals surface area (Å²) >= 11 is 0. The van der Waals surface area contributed by atoms with Gasteiger partial charge in [-0.15, -0.1) is 0 Å². The molecule has 1 rings (SSSR count). The predicted molar refractivity (Wildman–Crippen MR) is 75.6 cm³/mol. The second-order valence-electron chi connectivity index (χ2n) is 4.48. The van der Waals surface area contributed by atoms with Gasteiger partial charge >= 0.3 is 0 Å². The van der Waals surface area contributed by atoms with Gasteiger partial charge < -0.3 is 10.1 Å². The number of rotatable bonds is 8. The minimum absolute atomic E-state index is 0.0804. The van der Waals surface area contributed by atoms with Crippen LogP contribution in [0.4, 0.5) is 5.69 Å². The van der Waals surface area contributed by atoms with E-state index in [1.165, 1.54) is 6.07 Å². The van der Waals surface area contributed by atoms with Crippen molar-refractivity contribution in [3.63, 3.8) is 0 Å². The van der Waals surface area contributed by atoms with Gasteiger partial charge in [0.05, 0.1) is 23.6 Å². The van der Waals surface area contributed by atoms with Gasteiger partial charge in [-0.1, -0.05) is 6.92 Å². The highest BCUT2D eigenvalue weighted by molar-refractivity contribution is 5.44. The molecule has 6 nitrogen and oxygen atoms in total. The number of nitro benzene ring substituents is 1. The van der Waals surface area contributed by atoms with E-state index < -0.39 is 4.92 Å². The highest BCUT2D eigenvalue weighted by atomic mass is 16.6. The zero-order chi connectivity index (χ0) is 15.0. The van der Waals surface area contributed by atoms with Crippen molar-refractivity contribution in [2.75, 3.05) is 13.2 Å². The number of aryl methyl sites for hydroxylation is 1. The summed E-state index contributed by atoms with van der Waals surface area (Å²) in [6.07, 6.45) is 1.55. The molecule has 1 unspecified atom stereocenters. The first-order chi connectivity index (χ1) is 9.58. The van der Waals surface area contributed by atoms with E-state index >= 15 is 0 Å². The van der Waals surface area contributed by atoms with Crippen LogP contribution in [0.3, 0.4) is 0 Å². The molecule has 0 heterocycles. The van der Waals surface area contributed by atoms with Crippen molar-refractivity contribution in [3.05, 3.63) is 33.9 Å². The minimum atomic E-state index is -0.417. The molecule has 1 atom stereocenters. The van der Waals surface area contributed by atoms with Crippen LogP contribution >= 0.6 is 0 Å². The van der Waals surface area contributed by atoms with Crippen molar-refractivity contribution < 1.29 is 9.66 Å². The summed E-state index contributed by atoms with van der Waals surface area (Å²) in [5, 5.41) is 22.8. The monoisotopic (exact) mass is 277 g/mol. The molecule has 1 N–H and O–H groups in total. The molecule has 0 spiro atoms. The molecule has 0 aliphatic rings. The molecular weight excluding hydrogens is 258 g/mol. The number of nitriles is 1. The van der Waals surface area contributed by atoms with Gasteiger partial charge in [0.1, 0.15) is 5.75 Å². The highest BCUT2D eigenvalue weighted by Crippen LogP contribution is 2.23. The second kappa shape index (κ2) is 8.12. The number of hydrogen-bond acceptors (Lipinski definition) is 5. The first kappa shape index (κ1) is 15.9. The van der Waals surface area contributed by atoms with E-state index in [9.17, 15) is 10.1 Å². The van der Waals surface area contributed by atoms with E-state index in [0.29, 0.717) is 24.3 Å². The molecule has 0 saturated carbocycles. The Bertz CT molecular complexity index is 497. The SMILES string of the molecule is CCCNC(C#N)CCOc1ccc([N+](=O)[O-])c(C)c1. The van der Waals surface area contributed by atoms with E-state index in [-0.39, 0.29) is 11.7 Å². The van der Waals surface area contributed by atoms with Gasteiger partial charge in [0.2, 0.25) is 0 Å². The summed E-state index contributed by atoms with van der Waals surface area (Å²) in [6.45, 7) is 4.91. The molecule has 1 aromatic rings. The molecule has 0 aromatic heterocycles. The van der Waals surface area contributed by atoms with Crippen molar-refractivity contribution in [1.29, 1.82) is 5.26 Å². The van der Waals surface area contributed by atoms with Crippen LogP contribution in [0.1, 0.15) is 25.3 Å². The van der Waals surface area contributed by atoms with Crippen LogP contribution in [-0.2, 0) is 0 Å². The summed E-state index contributed by atoms with van der Waals surface area (Å²) in [5.74, 6) is 0.584. The molecule has 0 fully saturated rings. The fourth-order valence-corrected chi connectivity index (χ4v) is 1.75. The third kappa shape index (κ3) is 4.86. The van der Waals surface area contributed by atoms with Crippen LogP contribution in [0.25, 0.3) is 0 Å². The highest BCUT2D eigenvalue weighted by Gasteiger charge is 2.11. The van der Waals surface area contributed by atoms with Gasteiger partial charge in [0.25, 0.3) is 5.69 Å². The molecule has 0 aliphatic heterocycles. The lowest BCUT2D eigenvalue weighted by atomic mass is 10.2. The Balaban J connectivity index is 2.48. The topological polar surface area (TPSA) is 88.2 Å². The maximum Gasteiger partial charge on any atom is 0.272 e. The van der Waals surface area contributed by atoms with E-state index in [1.807, 2.05) is 6.92 Å². The summed E-state index contributed by atoms with van der Waals surface area (Å²) in [6, 6.07) is 6.60.